The number of aliphatic hydroxyl groups is 1. The van der Waals surface area contributed by atoms with Gasteiger partial charge in [0.15, 0.2) is 0 Å². The number of nitrogens with zero attached hydrogens (tertiary/aromatic N) is 3. The Kier molecular flexibility index (Phi) is 9.05. The van der Waals surface area contributed by atoms with E-state index in [0.717, 1.165) is 16.4 Å². The second kappa shape index (κ2) is 12.3. The van der Waals surface area contributed by atoms with Gasteiger partial charge in [0.2, 0.25) is 20.0 Å². The van der Waals surface area contributed by atoms with E-state index in [9.17, 15) is 21.9 Å². The van der Waals surface area contributed by atoms with Crippen LogP contribution < -0.4 is 19.7 Å². The highest BCUT2D eigenvalue weighted by Gasteiger charge is 2.45. The van der Waals surface area contributed by atoms with Crippen LogP contribution in [0.3, 0.4) is 0 Å². The normalized spacial score (nSPS) is 21.7. The number of ether oxygens (including phenoxy) is 3. The SMILES string of the molecule is CN1CCOc2ccc(S(=O)(=O)N3CCC4(CC3)CC(NCC(O)COc3cccc(S(=O)(=O)N(C)C)c3)CO4)cc21. The molecule has 42 heavy (non-hydrogen) atoms. The van der Waals surface area contributed by atoms with E-state index in [-0.39, 0.29) is 29.0 Å². The Bertz CT molecular complexity index is 1480. The summed E-state index contributed by atoms with van der Waals surface area (Å²) in [4.78, 5) is 2.39. The summed E-state index contributed by atoms with van der Waals surface area (Å²) in [7, 11) is -2.38. The van der Waals surface area contributed by atoms with Gasteiger partial charge in [-0.2, -0.15) is 4.31 Å². The second-order valence-electron chi connectivity index (χ2n) is 11.3. The number of anilines is 1. The standard InChI is InChI=1S/C28H40N4O8S2/c1-30(2)41(34,35)24-6-4-5-23(15-24)39-20-22(33)18-29-21-17-28(40-19-21)9-11-32(12-10-28)42(36,37)25-7-8-27-26(16-25)31(3)13-14-38-27/h4-8,15-16,21-22,29,33H,9-14,17-20H2,1-3H3. The van der Waals surface area contributed by atoms with Crippen LogP contribution in [0.1, 0.15) is 19.3 Å². The van der Waals surface area contributed by atoms with Gasteiger partial charge < -0.3 is 29.5 Å². The van der Waals surface area contributed by atoms with Crippen LogP contribution >= 0.6 is 0 Å². The highest BCUT2D eigenvalue weighted by Crippen LogP contribution is 2.39. The second-order valence-corrected chi connectivity index (χ2v) is 15.4. The van der Waals surface area contributed by atoms with Gasteiger partial charge in [0, 0.05) is 52.9 Å². The van der Waals surface area contributed by atoms with Gasteiger partial charge in [-0.1, -0.05) is 6.07 Å². The minimum Gasteiger partial charge on any atom is -0.491 e. The predicted octanol–water partition coefficient (Wildman–Crippen LogP) is 1.11. The number of hydrogen-bond donors (Lipinski definition) is 2. The molecule has 0 bridgehead atoms. The first-order chi connectivity index (χ1) is 19.9. The van der Waals surface area contributed by atoms with Gasteiger partial charge in [0.1, 0.15) is 30.8 Å². The first-order valence-corrected chi connectivity index (χ1v) is 17.0. The minimum absolute atomic E-state index is 0.00534. The van der Waals surface area contributed by atoms with E-state index < -0.39 is 31.8 Å². The largest absolute Gasteiger partial charge is 0.491 e. The van der Waals surface area contributed by atoms with E-state index in [2.05, 4.69) is 5.32 Å². The Balaban J connectivity index is 1.09. The van der Waals surface area contributed by atoms with E-state index in [0.29, 0.717) is 57.2 Å². The Hall–Kier alpha value is -2.46. The van der Waals surface area contributed by atoms with E-state index >= 15 is 0 Å². The number of piperidine rings is 1. The lowest BCUT2D eigenvalue weighted by molar-refractivity contribution is -0.0312. The molecule has 232 valence electrons. The van der Waals surface area contributed by atoms with Crippen LogP contribution in [0.25, 0.3) is 0 Å². The molecule has 14 heteroatoms. The van der Waals surface area contributed by atoms with Gasteiger partial charge in [0.25, 0.3) is 0 Å². The van der Waals surface area contributed by atoms with E-state index in [1.807, 2.05) is 11.9 Å². The molecule has 0 saturated carbocycles. The molecule has 5 rings (SSSR count). The van der Waals surface area contributed by atoms with Gasteiger partial charge in [-0.3, -0.25) is 0 Å². The highest BCUT2D eigenvalue weighted by atomic mass is 32.2. The number of rotatable bonds is 10. The fourth-order valence-electron chi connectivity index (χ4n) is 5.59. The van der Waals surface area contributed by atoms with Crippen molar-refractivity contribution in [2.45, 2.75) is 46.8 Å². The van der Waals surface area contributed by atoms with Crippen molar-refractivity contribution in [3.05, 3.63) is 42.5 Å². The van der Waals surface area contributed by atoms with Crippen LogP contribution in [0.15, 0.2) is 52.3 Å². The number of hydrogen-bond acceptors (Lipinski definition) is 10. The summed E-state index contributed by atoms with van der Waals surface area (Å²) in [5, 5.41) is 13.8. The maximum Gasteiger partial charge on any atom is 0.243 e. The lowest BCUT2D eigenvalue weighted by Gasteiger charge is -2.38. The van der Waals surface area contributed by atoms with Crippen molar-refractivity contribution in [1.82, 2.24) is 13.9 Å². The monoisotopic (exact) mass is 624 g/mol. The average molecular weight is 625 g/mol. The molecule has 0 radical (unpaired) electrons. The Morgan fingerprint density at radius 1 is 1.10 bits per heavy atom. The Morgan fingerprint density at radius 3 is 2.60 bits per heavy atom. The van der Waals surface area contributed by atoms with Crippen LogP contribution in [0.4, 0.5) is 5.69 Å². The van der Waals surface area contributed by atoms with Gasteiger partial charge >= 0.3 is 0 Å². The molecule has 2 unspecified atom stereocenters. The predicted molar refractivity (Wildman–Crippen MR) is 157 cm³/mol. The summed E-state index contributed by atoms with van der Waals surface area (Å²) in [6.45, 7) is 2.77. The number of likely N-dealkylation sites (N-methyl/N-ethyl adjacent to an activating group) is 1. The van der Waals surface area contributed by atoms with Crippen LogP contribution in [0, 0.1) is 0 Å². The maximum absolute atomic E-state index is 13.4. The van der Waals surface area contributed by atoms with Gasteiger partial charge in [-0.15, -0.1) is 0 Å². The van der Waals surface area contributed by atoms with Crippen LogP contribution in [-0.2, 0) is 24.8 Å². The van der Waals surface area contributed by atoms with Crippen molar-refractivity contribution < 1.29 is 36.2 Å². The minimum atomic E-state index is -3.65. The van der Waals surface area contributed by atoms with E-state index in [1.165, 1.54) is 30.5 Å². The third kappa shape index (κ3) is 6.54. The third-order valence-corrected chi connectivity index (χ3v) is 11.9. The summed E-state index contributed by atoms with van der Waals surface area (Å²) >= 11 is 0. The number of fused-ring (bicyclic) bond motifs is 1. The fraction of sp³-hybridized carbons (Fsp3) is 0.571. The first kappa shape index (κ1) is 31.0. The molecular weight excluding hydrogens is 584 g/mol. The molecule has 12 nitrogen and oxygen atoms in total. The molecular formula is C28H40N4O8S2. The molecule has 3 aliphatic rings. The van der Waals surface area contributed by atoms with Crippen LogP contribution in [0.5, 0.6) is 11.5 Å². The third-order valence-electron chi connectivity index (χ3n) is 8.18. The van der Waals surface area contributed by atoms with Gasteiger partial charge in [-0.25, -0.2) is 21.1 Å². The summed E-state index contributed by atoms with van der Waals surface area (Å²) in [6, 6.07) is 11.2. The van der Waals surface area contributed by atoms with Gasteiger partial charge in [-0.05, 0) is 49.6 Å². The topological polar surface area (TPSA) is 138 Å². The molecule has 3 aliphatic heterocycles. The van der Waals surface area contributed by atoms with Crippen molar-refractivity contribution in [2.75, 3.05) is 72.0 Å². The lowest BCUT2D eigenvalue weighted by Crippen LogP contribution is -2.47. The maximum atomic E-state index is 13.4. The molecule has 3 heterocycles. The molecule has 0 amide bonds. The molecule has 1 spiro atoms. The molecule has 0 aliphatic carbocycles. The fourth-order valence-corrected chi connectivity index (χ4v) is 7.99. The van der Waals surface area contributed by atoms with E-state index in [1.54, 1.807) is 30.3 Å². The quantitative estimate of drug-likeness (QED) is 0.395. The molecule has 2 atom stereocenters. The van der Waals surface area contributed by atoms with Gasteiger partial charge in [0.05, 0.1) is 34.2 Å². The van der Waals surface area contributed by atoms with Crippen molar-refractivity contribution >= 4 is 25.7 Å². The molecule has 2 aromatic rings. The molecule has 2 N–H and O–H groups in total. The number of sulfonamides is 2. The van der Waals surface area contributed by atoms with Crippen molar-refractivity contribution in [3.8, 4) is 11.5 Å². The summed E-state index contributed by atoms with van der Waals surface area (Å²) in [6.07, 6.45) is 1.09. The van der Waals surface area contributed by atoms with Crippen LogP contribution in [0.2, 0.25) is 0 Å². The average Bonchev–Trinajstić information content (AvgIpc) is 3.37. The van der Waals surface area contributed by atoms with E-state index in [4.69, 9.17) is 14.2 Å². The first-order valence-electron chi connectivity index (χ1n) is 14.1. The van der Waals surface area contributed by atoms with Crippen molar-refractivity contribution in [1.29, 1.82) is 0 Å². The Morgan fingerprint density at radius 2 is 1.86 bits per heavy atom. The Labute approximate surface area is 248 Å². The van der Waals surface area contributed by atoms with Crippen molar-refractivity contribution in [3.63, 3.8) is 0 Å². The molecule has 2 aromatic carbocycles. The molecule has 2 saturated heterocycles. The zero-order valence-corrected chi connectivity index (χ0v) is 25.9. The zero-order valence-electron chi connectivity index (χ0n) is 24.2. The zero-order chi connectivity index (χ0) is 30.1. The van der Waals surface area contributed by atoms with Crippen molar-refractivity contribution in [2.24, 2.45) is 0 Å². The number of benzene rings is 2. The molecule has 0 aromatic heterocycles. The summed E-state index contributed by atoms with van der Waals surface area (Å²) in [5.41, 5.74) is 0.384. The summed E-state index contributed by atoms with van der Waals surface area (Å²) in [5.74, 6) is 1.05. The highest BCUT2D eigenvalue weighted by molar-refractivity contribution is 7.89. The molecule has 2 fully saturated rings. The summed E-state index contributed by atoms with van der Waals surface area (Å²) < 4.78 is 71.7. The smallest absolute Gasteiger partial charge is 0.243 e. The number of nitrogens with one attached hydrogen (secondary N) is 1. The lowest BCUT2D eigenvalue weighted by atomic mass is 9.88. The number of aliphatic hydroxyl groups excluding tert-OH is 1. The van der Waals surface area contributed by atoms with Crippen LogP contribution in [-0.4, -0.2) is 115 Å².